The zero-order valence-corrected chi connectivity index (χ0v) is 5.93. The predicted molar refractivity (Wildman–Crippen MR) is 40.4 cm³/mol. The van der Waals surface area contributed by atoms with Crippen LogP contribution in [0.4, 0.5) is 0 Å². The van der Waals surface area contributed by atoms with Crippen LogP contribution in [0.5, 0.6) is 0 Å². The van der Waals surface area contributed by atoms with Crippen molar-refractivity contribution in [1.29, 1.82) is 0 Å². The van der Waals surface area contributed by atoms with E-state index >= 15 is 0 Å². The largest absolute Gasteiger partial charge is 0.296 e. The zero-order chi connectivity index (χ0) is 6.69. The van der Waals surface area contributed by atoms with Gasteiger partial charge in [-0.25, -0.2) is 0 Å². The molecule has 0 aromatic rings. The molecule has 1 heteroatoms. The highest BCUT2D eigenvalue weighted by Crippen LogP contribution is 2.07. The van der Waals surface area contributed by atoms with Crippen LogP contribution in [0.25, 0.3) is 0 Å². The van der Waals surface area contributed by atoms with Crippen molar-refractivity contribution >= 4 is 0 Å². The van der Waals surface area contributed by atoms with Gasteiger partial charge in [-0.2, -0.15) is 0 Å². The third-order valence-corrected chi connectivity index (χ3v) is 1.73. The van der Waals surface area contributed by atoms with Gasteiger partial charge in [-0.3, -0.25) is 4.90 Å². The minimum atomic E-state index is 1.10. The van der Waals surface area contributed by atoms with E-state index in [9.17, 15) is 0 Å². The molecule has 50 valence electrons. The van der Waals surface area contributed by atoms with Crippen LogP contribution in [-0.2, 0) is 0 Å². The molecule has 1 heterocycles. The van der Waals surface area contributed by atoms with Gasteiger partial charge >= 0.3 is 0 Å². The van der Waals surface area contributed by atoms with Crippen LogP contribution in [0.2, 0.25) is 0 Å². The fourth-order valence-electron chi connectivity index (χ4n) is 1.02. The highest BCUT2D eigenvalue weighted by molar-refractivity contribution is 5.22. The molecule has 0 atom stereocenters. The summed E-state index contributed by atoms with van der Waals surface area (Å²) in [6, 6.07) is 0. The van der Waals surface area contributed by atoms with Crippen LogP contribution in [0.1, 0.15) is 6.92 Å². The van der Waals surface area contributed by atoms with Crippen molar-refractivity contribution in [3.05, 3.63) is 24.3 Å². The molecular formula is C8H13N. The summed E-state index contributed by atoms with van der Waals surface area (Å²) in [7, 11) is 0. The maximum Gasteiger partial charge on any atom is 0.0234 e. The first-order chi connectivity index (χ1) is 4.36. The number of nitrogens with zero attached hydrogens (tertiary/aromatic N) is 1. The summed E-state index contributed by atoms with van der Waals surface area (Å²) in [4.78, 5) is 2.37. The standard InChI is InChI=1S/C8H13N/c1-3-8-5-6-9(4-2)7-8/h3,5H,1,4,6-7H2,2H3. The molecule has 1 nitrogen and oxygen atoms in total. The molecule has 0 N–H and O–H groups in total. The maximum atomic E-state index is 3.72. The molecule has 0 unspecified atom stereocenters. The summed E-state index contributed by atoms with van der Waals surface area (Å²) < 4.78 is 0. The zero-order valence-electron chi connectivity index (χ0n) is 5.93. The molecule has 0 amide bonds. The van der Waals surface area contributed by atoms with Gasteiger partial charge in [0.05, 0.1) is 0 Å². The van der Waals surface area contributed by atoms with E-state index in [1.54, 1.807) is 0 Å². The molecule has 0 fully saturated rings. The van der Waals surface area contributed by atoms with Gasteiger partial charge in [0.1, 0.15) is 0 Å². The monoisotopic (exact) mass is 123 g/mol. The van der Waals surface area contributed by atoms with Gasteiger partial charge in [-0.1, -0.05) is 25.7 Å². The van der Waals surface area contributed by atoms with Crippen molar-refractivity contribution in [2.24, 2.45) is 0 Å². The lowest BCUT2D eigenvalue weighted by molar-refractivity contribution is 0.370. The minimum absolute atomic E-state index is 1.10. The van der Waals surface area contributed by atoms with Crippen LogP contribution < -0.4 is 0 Å². The van der Waals surface area contributed by atoms with E-state index in [1.165, 1.54) is 5.57 Å². The van der Waals surface area contributed by atoms with E-state index in [-0.39, 0.29) is 0 Å². The van der Waals surface area contributed by atoms with Crippen molar-refractivity contribution in [2.45, 2.75) is 6.92 Å². The van der Waals surface area contributed by atoms with E-state index in [0.717, 1.165) is 19.6 Å². The van der Waals surface area contributed by atoms with Crippen LogP contribution in [0, 0.1) is 0 Å². The molecule has 1 aliphatic rings. The number of rotatable bonds is 2. The molecule has 1 aliphatic heterocycles. The van der Waals surface area contributed by atoms with Gasteiger partial charge in [0, 0.05) is 13.1 Å². The second-order valence-corrected chi connectivity index (χ2v) is 2.31. The Hall–Kier alpha value is -0.560. The highest BCUT2D eigenvalue weighted by atomic mass is 15.1. The molecule has 0 aliphatic carbocycles. The number of hydrogen-bond acceptors (Lipinski definition) is 1. The molecule has 0 spiro atoms. The normalized spacial score (nSPS) is 19.9. The third kappa shape index (κ3) is 1.42. The van der Waals surface area contributed by atoms with E-state index in [0.29, 0.717) is 0 Å². The summed E-state index contributed by atoms with van der Waals surface area (Å²) in [5.41, 5.74) is 1.37. The molecule has 0 bridgehead atoms. The molecule has 0 radical (unpaired) electrons. The minimum Gasteiger partial charge on any atom is -0.296 e. The molecule has 0 saturated carbocycles. The number of hydrogen-bond donors (Lipinski definition) is 0. The Balaban J connectivity index is 2.39. The SMILES string of the molecule is C=CC1=CCN(CC)C1. The second-order valence-electron chi connectivity index (χ2n) is 2.31. The average Bonchev–Trinajstić information content (AvgIpc) is 2.34. The Labute approximate surface area is 56.7 Å². The lowest BCUT2D eigenvalue weighted by atomic mass is 10.3. The average molecular weight is 123 g/mol. The lowest BCUT2D eigenvalue weighted by Crippen LogP contribution is -2.19. The van der Waals surface area contributed by atoms with Gasteiger partial charge in [0.25, 0.3) is 0 Å². The summed E-state index contributed by atoms with van der Waals surface area (Å²) in [6.45, 7) is 9.25. The Bertz CT molecular complexity index is 136. The van der Waals surface area contributed by atoms with Crippen molar-refractivity contribution in [2.75, 3.05) is 19.6 Å². The quantitative estimate of drug-likeness (QED) is 0.537. The number of likely N-dealkylation sites (N-methyl/N-ethyl adjacent to an activating group) is 1. The molecule has 0 aromatic carbocycles. The molecule has 0 saturated heterocycles. The first kappa shape index (κ1) is 6.56. The van der Waals surface area contributed by atoms with Crippen LogP contribution in [0.15, 0.2) is 24.3 Å². The molecule has 1 rings (SSSR count). The summed E-state index contributed by atoms with van der Waals surface area (Å²) in [5, 5.41) is 0. The Morgan fingerprint density at radius 3 is 3.00 bits per heavy atom. The van der Waals surface area contributed by atoms with Gasteiger partial charge in [-0.05, 0) is 12.1 Å². The Kier molecular flexibility index (Phi) is 2.06. The molecular weight excluding hydrogens is 110 g/mol. The topological polar surface area (TPSA) is 3.24 Å². The first-order valence-corrected chi connectivity index (χ1v) is 3.40. The summed E-state index contributed by atoms with van der Waals surface area (Å²) in [5.74, 6) is 0. The van der Waals surface area contributed by atoms with E-state index in [2.05, 4.69) is 24.5 Å². The highest BCUT2D eigenvalue weighted by Gasteiger charge is 2.07. The molecule has 0 aromatic heterocycles. The van der Waals surface area contributed by atoms with Gasteiger partial charge in [-0.15, -0.1) is 0 Å². The Morgan fingerprint density at radius 1 is 1.89 bits per heavy atom. The third-order valence-electron chi connectivity index (χ3n) is 1.73. The summed E-state index contributed by atoms with van der Waals surface area (Å²) >= 11 is 0. The van der Waals surface area contributed by atoms with Crippen molar-refractivity contribution in [1.82, 2.24) is 4.90 Å². The predicted octanol–water partition coefficient (Wildman–Crippen LogP) is 1.43. The summed E-state index contributed by atoms with van der Waals surface area (Å²) in [6.07, 6.45) is 4.17. The smallest absolute Gasteiger partial charge is 0.0234 e. The van der Waals surface area contributed by atoms with Gasteiger partial charge in [0.2, 0.25) is 0 Å². The van der Waals surface area contributed by atoms with Gasteiger partial charge < -0.3 is 0 Å². The van der Waals surface area contributed by atoms with E-state index < -0.39 is 0 Å². The van der Waals surface area contributed by atoms with E-state index in [1.807, 2.05) is 6.08 Å². The maximum absolute atomic E-state index is 3.72. The van der Waals surface area contributed by atoms with Crippen molar-refractivity contribution in [3.63, 3.8) is 0 Å². The second kappa shape index (κ2) is 2.83. The van der Waals surface area contributed by atoms with Crippen LogP contribution in [-0.4, -0.2) is 24.5 Å². The van der Waals surface area contributed by atoms with Gasteiger partial charge in [0.15, 0.2) is 0 Å². The Morgan fingerprint density at radius 2 is 2.67 bits per heavy atom. The van der Waals surface area contributed by atoms with E-state index in [4.69, 9.17) is 0 Å². The van der Waals surface area contributed by atoms with Crippen LogP contribution >= 0.6 is 0 Å². The van der Waals surface area contributed by atoms with Crippen LogP contribution in [0.3, 0.4) is 0 Å². The lowest BCUT2D eigenvalue weighted by Gasteiger charge is -2.10. The van der Waals surface area contributed by atoms with Crippen molar-refractivity contribution < 1.29 is 0 Å². The molecule has 9 heavy (non-hydrogen) atoms. The fraction of sp³-hybridized carbons (Fsp3) is 0.500. The fourth-order valence-corrected chi connectivity index (χ4v) is 1.02. The van der Waals surface area contributed by atoms with Crippen molar-refractivity contribution in [3.8, 4) is 0 Å². The first-order valence-electron chi connectivity index (χ1n) is 3.40.